The van der Waals surface area contributed by atoms with Gasteiger partial charge in [0, 0.05) is 33.8 Å². The number of aromatic amines is 1. The Morgan fingerprint density at radius 1 is 1.50 bits per heavy atom. The molecule has 0 amide bonds. The highest BCUT2D eigenvalue weighted by Gasteiger charge is 2.08. The SMILES string of the molecule is Cc1cc(-c2ncc(CN)[nH]2)c(C)s1. The van der Waals surface area contributed by atoms with Crippen LogP contribution in [0.15, 0.2) is 12.3 Å². The van der Waals surface area contributed by atoms with Gasteiger partial charge < -0.3 is 10.7 Å². The maximum atomic E-state index is 5.52. The summed E-state index contributed by atoms with van der Waals surface area (Å²) in [6.45, 7) is 4.72. The Morgan fingerprint density at radius 2 is 2.29 bits per heavy atom. The summed E-state index contributed by atoms with van der Waals surface area (Å²) in [4.78, 5) is 10.1. The van der Waals surface area contributed by atoms with Crippen LogP contribution in [-0.2, 0) is 6.54 Å². The minimum atomic E-state index is 0.509. The maximum absolute atomic E-state index is 5.52. The summed E-state index contributed by atoms with van der Waals surface area (Å²) in [7, 11) is 0. The molecule has 0 fully saturated rings. The molecule has 74 valence electrons. The van der Waals surface area contributed by atoms with Crippen LogP contribution >= 0.6 is 11.3 Å². The molecule has 2 aromatic rings. The number of hydrogen-bond acceptors (Lipinski definition) is 3. The van der Waals surface area contributed by atoms with Crippen molar-refractivity contribution < 1.29 is 0 Å². The molecule has 0 bridgehead atoms. The highest BCUT2D eigenvalue weighted by atomic mass is 32.1. The van der Waals surface area contributed by atoms with E-state index in [2.05, 4.69) is 29.9 Å². The molecule has 0 aromatic carbocycles. The minimum absolute atomic E-state index is 0.509. The minimum Gasteiger partial charge on any atom is -0.341 e. The van der Waals surface area contributed by atoms with Crippen molar-refractivity contribution in [2.24, 2.45) is 5.73 Å². The smallest absolute Gasteiger partial charge is 0.138 e. The van der Waals surface area contributed by atoms with E-state index in [0.29, 0.717) is 6.54 Å². The highest BCUT2D eigenvalue weighted by Crippen LogP contribution is 2.28. The van der Waals surface area contributed by atoms with Crippen LogP contribution in [0.3, 0.4) is 0 Å². The molecule has 2 aromatic heterocycles. The van der Waals surface area contributed by atoms with E-state index in [1.807, 2.05) is 0 Å². The maximum Gasteiger partial charge on any atom is 0.138 e. The lowest BCUT2D eigenvalue weighted by molar-refractivity contribution is 1.01. The van der Waals surface area contributed by atoms with Crippen molar-refractivity contribution in [2.45, 2.75) is 20.4 Å². The summed E-state index contributed by atoms with van der Waals surface area (Å²) in [6, 6.07) is 2.15. The number of nitrogens with zero attached hydrogens (tertiary/aromatic N) is 1. The summed E-state index contributed by atoms with van der Waals surface area (Å²) in [5, 5.41) is 0. The quantitative estimate of drug-likeness (QED) is 0.793. The lowest BCUT2D eigenvalue weighted by Gasteiger charge is -1.93. The Labute approximate surface area is 87.0 Å². The Morgan fingerprint density at radius 3 is 2.79 bits per heavy atom. The standard InChI is InChI=1S/C10H13N3S/c1-6-3-9(7(2)14-6)10-12-5-8(4-11)13-10/h3,5H,4,11H2,1-2H3,(H,12,13). The predicted octanol–water partition coefficient (Wildman–Crippen LogP) is 2.21. The molecular formula is C10H13N3S. The van der Waals surface area contributed by atoms with Crippen LogP contribution in [0.4, 0.5) is 0 Å². The lowest BCUT2D eigenvalue weighted by atomic mass is 10.2. The first kappa shape index (κ1) is 9.43. The van der Waals surface area contributed by atoms with Gasteiger partial charge in [0.2, 0.25) is 0 Å². The van der Waals surface area contributed by atoms with Crippen molar-refractivity contribution in [3.63, 3.8) is 0 Å². The topological polar surface area (TPSA) is 54.7 Å². The predicted molar refractivity (Wildman–Crippen MR) is 59.3 cm³/mol. The number of aryl methyl sites for hydroxylation is 2. The van der Waals surface area contributed by atoms with E-state index in [1.54, 1.807) is 17.5 Å². The Hall–Kier alpha value is -1.13. The number of hydrogen-bond donors (Lipinski definition) is 2. The largest absolute Gasteiger partial charge is 0.341 e. The molecule has 0 unspecified atom stereocenters. The zero-order chi connectivity index (χ0) is 10.1. The first-order chi connectivity index (χ1) is 6.70. The van der Waals surface area contributed by atoms with Crippen molar-refractivity contribution in [2.75, 3.05) is 0 Å². The summed E-state index contributed by atoms with van der Waals surface area (Å²) < 4.78 is 0. The molecule has 0 saturated heterocycles. The third kappa shape index (κ3) is 1.58. The molecule has 0 atom stereocenters. The van der Waals surface area contributed by atoms with Crippen molar-refractivity contribution in [1.29, 1.82) is 0 Å². The van der Waals surface area contributed by atoms with E-state index < -0.39 is 0 Å². The van der Waals surface area contributed by atoms with Crippen LogP contribution in [0.5, 0.6) is 0 Å². The molecule has 0 aliphatic rings. The highest BCUT2D eigenvalue weighted by molar-refractivity contribution is 7.12. The van der Waals surface area contributed by atoms with Gasteiger partial charge in [0.05, 0.1) is 0 Å². The van der Waals surface area contributed by atoms with Crippen molar-refractivity contribution >= 4 is 11.3 Å². The lowest BCUT2D eigenvalue weighted by Crippen LogP contribution is -1.95. The summed E-state index contributed by atoms with van der Waals surface area (Å²) in [5.74, 6) is 0.923. The zero-order valence-electron chi connectivity index (χ0n) is 8.29. The van der Waals surface area contributed by atoms with Crippen molar-refractivity contribution in [3.05, 3.63) is 27.7 Å². The Balaban J connectivity index is 2.43. The number of H-pyrrole nitrogens is 1. The fourth-order valence-electron chi connectivity index (χ4n) is 1.47. The molecule has 3 nitrogen and oxygen atoms in total. The van der Waals surface area contributed by atoms with Gasteiger partial charge in [-0.15, -0.1) is 11.3 Å². The van der Waals surface area contributed by atoms with Crippen molar-refractivity contribution in [1.82, 2.24) is 9.97 Å². The molecule has 2 heterocycles. The number of rotatable bonds is 2. The van der Waals surface area contributed by atoms with Crippen LogP contribution < -0.4 is 5.73 Å². The molecule has 0 aliphatic carbocycles. The molecule has 0 radical (unpaired) electrons. The molecule has 0 spiro atoms. The van der Waals surface area contributed by atoms with Crippen molar-refractivity contribution in [3.8, 4) is 11.4 Å². The van der Waals surface area contributed by atoms with E-state index in [0.717, 1.165) is 11.5 Å². The number of thiophene rings is 1. The summed E-state index contributed by atoms with van der Waals surface area (Å²) in [6.07, 6.45) is 1.79. The normalized spacial score (nSPS) is 10.8. The van der Waals surface area contributed by atoms with Crippen LogP contribution in [0.2, 0.25) is 0 Å². The summed E-state index contributed by atoms with van der Waals surface area (Å²) >= 11 is 1.79. The van der Waals surface area contributed by atoms with Crippen LogP contribution in [0.1, 0.15) is 15.4 Å². The Kier molecular flexibility index (Phi) is 2.39. The average molecular weight is 207 g/mol. The number of nitrogens with two attached hydrogens (primary N) is 1. The van der Waals surface area contributed by atoms with E-state index in [9.17, 15) is 0 Å². The van der Waals surface area contributed by atoms with Crippen LogP contribution in [0, 0.1) is 13.8 Å². The number of imidazole rings is 1. The number of aromatic nitrogens is 2. The van der Waals surface area contributed by atoms with Crippen LogP contribution in [0.25, 0.3) is 11.4 Å². The van der Waals surface area contributed by atoms with E-state index >= 15 is 0 Å². The summed E-state index contributed by atoms with van der Waals surface area (Å²) in [5.41, 5.74) is 7.68. The third-order valence-electron chi connectivity index (χ3n) is 2.14. The van der Waals surface area contributed by atoms with Crippen LogP contribution in [-0.4, -0.2) is 9.97 Å². The van der Waals surface area contributed by atoms with Gasteiger partial charge in [-0.3, -0.25) is 0 Å². The van der Waals surface area contributed by atoms with Gasteiger partial charge in [0.1, 0.15) is 5.82 Å². The molecule has 2 rings (SSSR count). The van der Waals surface area contributed by atoms with Gasteiger partial charge in [-0.1, -0.05) is 0 Å². The molecule has 3 N–H and O–H groups in total. The van der Waals surface area contributed by atoms with E-state index in [1.165, 1.54) is 15.3 Å². The molecule has 0 aliphatic heterocycles. The van der Waals surface area contributed by atoms with E-state index in [4.69, 9.17) is 5.73 Å². The molecule has 0 saturated carbocycles. The van der Waals surface area contributed by atoms with Gasteiger partial charge in [0.25, 0.3) is 0 Å². The third-order valence-corrected chi connectivity index (χ3v) is 3.11. The zero-order valence-corrected chi connectivity index (χ0v) is 9.11. The molecular weight excluding hydrogens is 194 g/mol. The molecule has 14 heavy (non-hydrogen) atoms. The van der Waals surface area contributed by atoms with E-state index in [-0.39, 0.29) is 0 Å². The second kappa shape index (κ2) is 3.55. The second-order valence-electron chi connectivity index (χ2n) is 3.29. The van der Waals surface area contributed by atoms with Gasteiger partial charge >= 0.3 is 0 Å². The fourth-order valence-corrected chi connectivity index (χ4v) is 2.39. The fraction of sp³-hybridized carbons (Fsp3) is 0.300. The van der Waals surface area contributed by atoms with Gasteiger partial charge in [0.15, 0.2) is 0 Å². The average Bonchev–Trinajstić information content (AvgIpc) is 2.71. The van der Waals surface area contributed by atoms with Gasteiger partial charge in [-0.05, 0) is 19.9 Å². The van der Waals surface area contributed by atoms with Gasteiger partial charge in [-0.25, -0.2) is 4.98 Å². The Bertz CT molecular complexity index is 442. The monoisotopic (exact) mass is 207 g/mol. The number of nitrogens with one attached hydrogen (secondary N) is 1. The molecule has 4 heteroatoms. The first-order valence-electron chi connectivity index (χ1n) is 4.52. The first-order valence-corrected chi connectivity index (χ1v) is 5.33. The van der Waals surface area contributed by atoms with Gasteiger partial charge in [-0.2, -0.15) is 0 Å². The second-order valence-corrected chi connectivity index (χ2v) is 4.75.